The van der Waals surface area contributed by atoms with Crippen molar-refractivity contribution in [3.63, 3.8) is 0 Å². The Morgan fingerprint density at radius 3 is 2.79 bits per heavy atom. The average molecular weight is 256 g/mol. The first-order chi connectivity index (χ1) is 9.18. The van der Waals surface area contributed by atoms with Crippen LogP contribution in [0.2, 0.25) is 0 Å². The van der Waals surface area contributed by atoms with E-state index in [9.17, 15) is 0 Å². The first-order valence-electron chi connectivity index (χ1n) is 6.92. The van der Waals surface area contributed by atoms with Gasteiger partial charge in [-0.1, -0.05) is 25.8 Å². The third-order valence-electron chi connectivity index (χ3n) is 4.25. The van der Waals surface area contributed by atoms with E-state index < -0.39 is 0 Å². The van der Waals surface area contributed by atoms with Crippen LogP contribution < -0.4 is 5.73 Å². The molecule has 1 aliphatic rings. The number of rotatable bonds is 2. The zero-order valence-corrected chi connectivity index (χ0v) is 11.5. The second-order valence-electron chi connectivity index (χ2n) is 5.50. The number of anilines is 1. The third kappa shape index (κ3) is 2.01. The minimum Gasteiger partial charge on any atom is -0.383 e. The van der Waals surface area contributed by atoms with E-state index in [0.29, 0.717) is 17.7 Å². The number of aryl methyl sites for hydroxylation is 1. The normalized spacial score (nSPS) is 22.8. The van der Waals surface area contributed by atoms with Crippen LogP contribution >= 0.6 is 0 Å². The van der Waals surface area contributed by atoms with Gasteiger partial charge in [0.1, 0.15) is 5.82 Å². The number of hydrogen-bond acceptors (Lipinski definition) is 3. The van der Waals surface area contributed by atoms with Crippen molar-refractivity contribution in [1.82, 2.24) is 14.8 Å². The molecule has 2 N–H and O–H groups in total. The average Bonchev–Trinajstić information content (AvgIpc) is 2.96. The van der Waals surface area contributed by atoms with E-state index in [2.05, 4.69) is 17.0 Å². The van der Waals surface area contributed by atoms with E-state index in [1.165, 1.54) is 19.3 Å². The summed E-state index contributed by atoms with van der Waals surface area (Å²) >= 11 is 0. The van der Waals surface area contributed by atoms with Crippen molar-refractivity contribution in [1.29, 1.82) is 0 Å². The van der Waals surface area contributed by atoms with Crippen molar-refractivity contribution in [2.45, 2.75) is 32.1 Å². The topological polar surface area (TPSA) is 56.7 Å². The lowest BCUT2D eigenvalue weighted by Crippen LogP contribution is -2.05. The van der Waals surface area contributed by atoms with Crippen molar-refractivity contribution in [2.24, 2.45) is 13.0 Å². The fraction of sp³-hybridized carbons (Fsp3) is 0.467. The van der Waals surface area contributed by atoms with Crippen LogP contribution in [-0.4, -0.2) is 14.8 Å². The highest BCUT2D eigenvalue weighted by atomic mass is 15.3. The van der Waals surface area contributed by atoms with Gasteiger partial charge in [0.2, 0.25) is 0 Å². The van der Waals surface area contributed by atoms with Crippen LogP contribution in [0.3, 0.4) is 0 Å². The van der Waals surface area contributed by atoms with Gasteiger partial charge in [-0.05, 0) is 24.5 Å². The molecule has 0 aliphatic heterocycles. The van der Waals surface area contributed by atoms with Crippen molar-refractivity contribution >= 4 is 5.82 Å². The van der Waals surface area contributed by atoms with Gasteiger partial charge in [-0.2, -0.15) is 5.10 Å². The summed E-state index contributed by atoms with van der Waals surface area (Å²) in [7, 11) is 1.91. The molecular weight excluding hydrogens is 236 g/mol. The summed E-state index contributed by atoms with van der Waals surface area (Å²) in [5.41, 5.74) is 9.30. The van der Waals surface area contributed by atoms with Gasteiger partial charge >= 0.3 is 0 Å². The van der Waals surface area contributed by atoms with Crippen LogP contribution in [0.4, 0.5) is 5.82 Å². The molecule has 2 aromatic heterocycles. The lowest BCUT2D eigenvalue weighted by atomic mass is 9.91. The number of aromatic nitrogens is 3. The predicted octanol–water partition coefficient (Wildman–Crippen LogP) is 2.97. The molecule has 2 unspecified atom stereocenters. The molecule has 0 amide bonds. The van der Waals surface area contributed by atoms with Crippen LogP contribution in [-0.2, 0) is 7.05 Å². The number of pyridine rings is 1. The summed E-state index contributed by atoms with van der Waals surface area (Å²) in [5.74, 6) is 1.91. The molecule has 100 valence electrons. The number of nitrogen functional groups attached to an aromatic ring is 1. The van der Waals surface area contributed by atoms with Gasteiger partial charge in [-0.15, -0.1) is 0 Å². The van der Waals surface area contributed by atoms with Gasteiger partial charge in [-0.25, -0.2) is 0 Å². The van der Waals surface area contributed by atoms with Crippen LogP contribution in [0.15, 0.2) is 24.4 Å². The van der Waals surface area contributed by atoms with Crippen molar-refractivity contribution in [3.05, 3.63) is 30.1 Å². The van der Waals surface area contributed by atoms with Gasteiger partial charge < -0.3 is 5.73 Å². The zero-order valence-electron chi connectivity index (χ0n) is 11.5. The van der Waals surface area contributed by atoms with Crippen molar-refractivity contribution < 1.29 is 0 Å². The highest BCUT2D eigenvalue weighted by molar-refractivity contribution is 5.74. The lowest BCUT2D eigenvalue weighted by Gasteiger charge is -2.14. The van der Waals surface area contributed by atoms with E-state index in [-0.39, 0.29) is 0 Å². The largest absolute Gasteiger partial charge is 0.383 e. The molecule has 4 heteroatoms. The Balaban J connectivity index is 2.13. The molecule has 0 saturated heterocycles. The molecule has 0 radical (unpaired) electrons. The Morgan fingerprint density at radius 1 is 1.32 bits per heavy atom. The SMILES string of the molecule is CC1CCCC1c1nn(C)c(N)c1-c1ccccn1. The third-order valence-corrected chi connectivity index (χ3v) is 4.25. The highest BCUT2D eigenvalue weighted by Crippen LogP contribution is 2.43. The smallest absolute Gasteiger partial charge is 0.131 e. The second kappa shape index (κ2) is 4.68. The molecule has 2 heterocycles. The van der Waals surface area contributed by atoms with E-state index in [4.69, 9.17) is 5.73 Å². The standard InChI is InChI=1S/C15H20N4/c1-10-6-5-7-11(10)14-13(15(16)19(2)18-14)12-8-3-4-9-17-12/h3-4,8-11H,5-7,16H2,1-2H3. The second-order valence-corrected chi connectivity index (χ2v) is 5.50. The maximum absolute atomic E-state index is 6.21. The first-order valence-corrected chi connectivity index (χ1v) is 6.92. The molecule has 3 rings (SSSR count). The fourth-order valence-electron chi connectivity index (χ4n) is 3.14. The summed E-state index contributed by atoms with van der Waals surface area (Å²) in [6, 6.07) is 5.93. The molecule has 0 spiro atoms. The van der Waals surface area contributed by atoms with Crippen molar-refractivity contribution in [2.75, 3.05) is 5.73 Å². The van der Waals surface area contributed by atoms with Gasteiger partial charge in [0, 0.05) is 19.2 Å². The minimum atomic E-state index is 0.514. The van der Waals surface area contributed by atoms with Gasteiger partial charge in [0.05, 0.1) is 17.0 Å². The number of hydrogen-bond donors (Lipinski definition) is 1. The Hall–Kier alpha value is -1.84. The molecule has 4 nitrogen and oxygen atoms in total. The number of nitrogens with two attached hydrogens (primary N) is 1. The van der Waals surface area contributed by atoms with E-state index in [1.54, 1.807) is 4.68 Å². The quantitative estimate of drug-likeness (QED) is 0.898. The maximum Gasteiger partial charge on any atom is 0.131 e. The minimum absolute atomic E-state index is 0.514. The lowest BCUT2D eigenvalue weighted by molar-refractivity contribution is 0.516. The molecule has 1 aliphatic carbocycles. The van der Waals surface area contributed by atoms with Crippen LogP contribution in [0.25, 0.3) is 11.3 Å². The summed E-state index contributed by atoms with van der Waals surface area (Å²) in [6.45, 7) is 2.31. The molecule has 0 bridgehead atoms. The first kappa shape index (κ1) is 12.2. The molecule has 1 saturated carbocycles. The summed E-state index contributed by atoms with van der Waals surface area (Å²) < 4.78 is 1.78. The molecule has 19 heavy (non-hydrogen) atoms. The monoisotopic (exact) mass is 256 g/mol. The van der Waals surface area contributed by atoms with Crippen LogP contribution in [0.5, 0.6) is 0 Å². The van der Waals surface area contributed by atoms with Gasteiger partial charge in [-0.3, -0.25) is 9.67 Å². The molecular formula is C15H20N4. The molecule has 1 fully saturated rings. The van der Waals surface area contributed by atoms with Gasteiger partial charge in [0.25, 0.3) is 0 Å². The van der Waals surface area contributed by atoms with Crippen LogP contribution in [0.1, 0.15) is 37.8 Å². The van der Waals surface area contributed by atoms with E-state index in [1.807, 2.05) is 31.4 Å². The Bertz CT molecular complexity index is 573. The summed E-state index contributed by atoms with van der Waals surface area (Å²) in [5, 5.41) is 4.67. The Morgan fingerprint density at radius 2 is 2.16 bits per heavy atom. The number of nitrogens with zero attached hydrogens (tertiary/aromatic N) is 3. The zero-order chi connectivity index (χ0) is 13.4. The predicted molar refractivity (Wildman–Crippen MR) is 76.6 cm³/mol. The molecule has 0 aromatic carbocycles. The van der Waals surface area contributed by atoms with E-state index in [0.717, 1.165) is 17.0 Å². The van der Waals surface area contributed by atoms with E-state index >= 15 is 0 Å². The Kier molecular flexibility index (Phi) is 3.01. The summed E-state index contributed by atoms with van der Waals surface area (Å²) in [4.78, 5) is 4.45. The van der Waals surface area contributed by atoms with Crippen molar-refractivity contribution in [3.8, 4) is 11.3 Å². The van der Waals surface area contributed by atoms with Gasteiger partial charge in [0.15, 0.2) is 0 Å². The molecule has 2 atom stereocenters. The summed E-state index contributed by atoms with van der Waals surface area (Å²) in [6.07, 6.45) is 5.58. The molecule has 2 aromatic rings. The fourth-order valence-corrected chi connectivity index (χ4v) is 3.14. The Labute approximate surface area is 113 Å². The highest BCUT2D eigenvalue weighted by Gasteiger charge is 2.31. The maximum atomic E-state index is 6.21. The van der Waals surface area contributed by atoms with Crippen LogP contribution in [0, 0.1) is 5.92 Å².